The highest BCUT2D eigenvalue weighted by atomic mass is 35.5. The Labute approximate surface area is 155 Å². The van der Waals surface area contributed by atoms with Gasteiger partial charge in [-0.3, -0.25) is 4.79 Å². The van der Waals surface area contributed by atoms with Gasteiger partial charge in [0.05, 0.1) is 15.6 Å². The van der Waals surface area contributed by atoms with E-state index >= 15 is 0 Å². The zero-order valence-electron chi connectivity index (χ0n) is 13.3. The predicted octanol–water partition coefficient (Wildman–Crippen LogP) is 4.80. The Morgan fingerprint density at radius 2 is 1.68 bits per heavy atom. The number of halogens is 2. The van der Waals surface area contributed by atoms with Crippen molar-refractivity contribution in [2.24, 2.45) is 0 Å². The molecular formula is C18H14Cl2N4O. The highest BCUT2D eigenvalue weighted by molar-refractivity contribution is 6.42. The van der Waals surface area contributed by atoms with Crippen LogP contribution in [0.25, 0.3) is 0 Å². The van der Waals surface area contributed by atoms with Crippen LogP contribution < -0.4 is 10.2 Å². The number of carbonyl (C=O) groups excluding carboxylic acids is 1. The minimum absolute atomic E-state index is 0.188. The highest BCUT2D eigenvalue weighted by Crippen LogP contribution is 2.26. The van der Waals surface area contributed by atoms with Crippen molar-refractivity contribution >= 4 is 46.4 Å². The van der Waals surface area contributed by atoms with Gasteiger partial charge in [-0.05, 0) is 30.3 Å². The van der Waals surface area contributed by atoms with Gasteiger partial charge < -0.3 is 10.2 Å². The van der Waals surface area contributed by atoms with Crippen LogP contribution in [0.3, 0.4) is 0 Å². The molecule has 3 aromatic rings. The highest BCUT2D eigenvalue weighted by Gasteiger charge is 2.14. The fraction of sp³-hybridized carbons (Fsp3) is 0.0556. The van der Waals surface area contributed by atoms with Crippen molar-refractivity contribution in [3.05, 3.63) is 76.5 Å². The van der Waals surface area contributed by atoms with E-state index in [1.54, 1.807) is 30.1 Å². The molecule has 0 unspecified atom stereocenters. The van der Waals surface area contributed by atoms with Gasteiger partial charge in [-0.15, -0.1) is 0 Å². The summed E-state index contributed by atoms with van der Waals surface area (Å²) in [7, 11) is 1.71. The van der Waals surface area contributed by atoms with Crippen LogP contribution in [0.2, 0.25) is 10.0 Å². The third kappa shape index (κ3) is 4.07. The second kappa shape index (κ2) is 7.51. The molecule has 126 valence electrons. The maximum atomic E-state index is 12.5. The number of benzene rings is 2. The van der Waals surface area contributed by atoms with E-state index in [4.69, 9.17) is 23.2 Å². The summed E-state index contributed by atoms with van der Waals surface area (Å²) in [5.74, 6) is 0.171. The van der Waals surface area contributed by atoms with Gasteiger partial charge in [0.1, 0.15) is 0 Å². The molecule has 0 aliphatic heterocycles. The quantitative estimate of drug-likeness (QED) is 0.714. The lowest BCUT2D eigenvalue weighted by atomic mass is 10.2. The van der Waals surface area contributed by atoms with E-state index in [1.165, 1.54) is 12.4 Å². The first kappa shape index (κ1) is 17.2. The minimum Gasteiger partial charge on any atom is -0.324 e. The number of amides is 1. The van der Waals surface area contributed by atoms with Gasteiger partial charge in [0.25, 0.3) is 5.91 Å². The summed E-state index contributed by atoms with van der Waals surface area (Å²) in [6, 6.07) is 14.5. The number of carbonyl (C=O) groups is 1. The Kier molecular flexibility index (Phi) is 5.16. The average Bonchev–Trinajstić information content (AvgIpc) is 2.65. The molecule has 0 atom stereocenters. The lowest BCUT2D eigenvalue weighted by Crippen LogP contribution is -2.26. The van der Waals surface area contributed by atoms with E-state index in [9.17, 15) is 4.79 Å². The zero-order chi connectivity index (χ0) is 17.8. The molecule has 0 fully saturated rings. The number of rotatable bonds is 4. The SMILES string of the molecule is CN(C(=O)c1cnc(Nc2ccc(Cl)c(Cl)c2)nc1)c1ccccc1. The van der Waals surface area contributed by atoms with E-state index < -0.39 is 0 Å². The first-order valence-corrected chi connectivity index (χ1v) is 8.17. The number of anilines is 3. The molecule has 0 spiro atoms. The lowest BCUT2D eigenvalue weighted by molar-refractivity contribution is 0.0992. The maximum absolute atomic E-state index is 12.5. The number of aromatic nitrogens is 2. The molecule has 1 N–H and O–H groups in total. The number of nitrogens with zero attached hydrogens (tertiary/aromatic N) is 3. The molecule has 0 aliphatic rings. The summed E-state index contributed by atoms with van der Waals surface area (Å²) in [4.78, 5) is 22.4. The molecule has 0 bridgehead atoms. The summed E-state index contributed by atoms with van der Waals surface area (Å²) in [6.07, 6.45) is 2.96. The van der Waals surface area contributed by atoms with Crippen LogP contribution >= 0.6 is 23.2 Å². The van der Waals surface area contributed by atoms with Gasteiger partial charge in [-0.2, -0.15) is 0 Å². The molecule has 0 saturated heterocycles. The third-order valence-electron chi connectivity index (χ3n) is 3.52. The van der Waals surface area contributed by atoms with E-state index in [1.807, 2.05) is 30.3 Å². The fourth-order valence-electron chi connectivity index (χ4n) is 2.17. The third-order valence-corrected chi connectivity index (χ3v) is 4.26. The van der Waals surface area contributed by atoms with Gasteiger partial charge in [-0.1, -0.05) is 41.4 Å². The van der Waals surface area contributed by atoms with Crippen molar-refractivity contribution in [3.8, 4) is 0 Å². The number of nitrogens with one attached hydrogen (secondary N) is 1. The predicted molar refractivity (Wildman–Crippen MR) is 101 cm³/mol. The van der Waals surface area contributed by atoms with Crippen molar-refractivity contribution in [2.45, 2.75) is 0 Å². The molecule has 0 radical (unpaired) electrons. The van der Waals surface area contributed by atoms with Crippen molar-refractivity contribution < 1.29 is 4.79 Å². The van der Waals surface area contributed by atoms with E-state index in [-0.39, 0.29) is 5.91 Å². The second-order valence-electron chi connectivity index (χ2n) is 5.25. The Morgan fingerprint density at radius 3 is 2.32 bits per heavy atom. The van der Waals surface area contributed by atoms with Crippen LogP contribution in [0.4, 0.5) is 17.3 Å². The first-order chi connectivity index (χ1) is 12.0. The van der Waals surface area contributed by atoms with Crippen LogP contribution in [0.15, 0.2) is 60.9 Å². The van der Waals surface area contributed by atoms with Crippen LogP contribution in [0, 0.1) is 0 Å². The largest absolute Gasteiger partial charge is 0.324 e. The lowest BCUT2D eigenvalue weighted by Gasteiger charge is -2.17. The van der Waals surface area contributed by atoms with Crippen molar-refractivity contribution in [2.75, 3.05) is 17.3 Å². The number of para-hydroxylation sites is 1. The minimum atomic E-state index is -0.188. The average molecular weight is 373 g/mol. The Balaban J connectivity index is 1.73. The van der Waals surface area contributed by atoms with Gasteiger partial charge in [0.15, 0.2) is 0 Å². The fourth-order valence-corrected chi connectivity index (χ4v) is 2.47. The molecule has 0 saturated carbocycles. The molecule has 25 heavy (non-hydrogen) atoms. The Hall–Kier alpha value is -2.63. The molecule has 5 nitrogen and oxygen atoms in total. The monoisotopic (exact) mass is 372 g/mol. The second-order valence-corrected chi connectivity index (χ2v) is 6.06. The molecule has 3 rings (SSSR count). The molecule has 1 heterocycles. The van der Waals surface area contributed by atoms with Crippen molar-refractivity contribution in [1.82, 2.24) is 9.97 Å². The van der Waals surface area contributed by atoms with E-state index in [0.29, 0.717) is 27.2 Å². The Bertz CT molecular complexity index is 885. The van der Waals surface area contributed by atoms with Gasteiger partial charge >= 0.3 is 0 Å². The summed E-state index contributed by atoms with van der Waals surface area (Å²) < 4.78 is 0. The topological polar surface area (TPSA) is 58.1 Å². The maximum Gasteiger partial charge on any atom is 0.261 e. The summed E-state index contributed by atoms with van der Waals surface area (Å²) >= 11 is 11.9. The Morgan fingerprint density at radius 1 is 1.00 bits per heavy atom. The van der Waals surface area contributed by atoms with Crippen molar-refractivity contribution in [1.29, 1.82) is 0 Å². The van der Waals surface area contributed by atoms with Crippen molar-refractivity contribution in [3.63, 3.8) is 0 Å². The van der Waals surface area contributed by atoms with Crippen LogP contribution in [-0.2, 0) is 0 Å². The smallest absolute Gasteiger partial charge is 0.261 e. The van der Waals surface area contributed by atoms with Gasteiger partial charge in [0, 0.05) is 30.8 Å². The zero-order valence-corrected chi connectivity index (χ0v) is 14.8. The normalized spacial score (nSPS) is 10.4. The number of hydrogen-bond acceptors (Lipinski definition) is 4. The molecule has 2 aromatic carbocycles. The standard InChI is InChI=1S/C18H14Cl2N4O/c1-24(14-5-3-2-4-6-14)17(25)12-10-21-18(22-11-12)23-13-7-8-15(19)16(20)9-13/h2-11H,1H3,(H,21,22,23). The van der Waals surface area contributed by atoms with Crippen LogP contribution in [-0.4, -0.2) is 22.9 Å². The summed E-state index contributed by atoms with van der Waals surface area (Å²) in [5, 5.41) is 3.91. The molecule has 0 aliphatic carbocycles. The number of hydrogen-bond donors (Lipinski definition) is 1. The molecule has 1 amide bonds. The van der Waals surface area contributed by atoms with E-state index in [0.717, 1.165) is 5.69 Å². The molecule has 1 aromatic heterocycles. The van der Waals surface area contributed by atoms with Gasteiger partial charge in [-0.25, -0.2) is 9.97 Å². The molecule has 7 heteroatoms. The summed E-state index contributed by atoms with van der Waals surface area (Å²) in [6.45, 7) is 0. The molecular weight excluding hydrogens is 359 g/mol. The summed E-state index contributed by atoms with van der Waals surface area (Å²) in [5.41, 5.74) is 1.89. The van der Waals surface area contributed by atoms with Gasteiger partial charge in [0.2, 0.25) is 5.95 Å². The van der Waals surface area contributed by atoms with Crippen LogP contribution in [0.1, 0.15) is 10.4 Å². The van der Waals surface area contributed by atoms with Crippen LogP contribution in [0.5, 0.6) is 0 Å². The van der Waals surface area contributed by atoms with E-state index in [2.05, 4.69) is 15.3 Å². The first-order valence-electron chi connectivity index (χ1n) is 7.42.